The Morgan fingerprint density at radius 3 is 2.52 bits per heavy atom. The van der Waals surface area contributed by atoms with E-state index in [-0.39, 0.29) is 17.7 Å². The molecular weight excluding hydrogens is 331 g/mol. The van der Waals surface area contributed by atoms with Gasteiger partial charge in [-0.25, -0.2) is 0 Å². The van der Waals surface area contributed by atoms with Gasteiger partial charge in [0.2, 0.25) is 0 Å². The van der Waals surface area contributed by atoms with Crippen LogP contribution in [0.5, 0.6) is 0 Å². The predicted molar refractivity (Wildman–Crippen MR) is 89.5 cm³/mol. The first-order valence-electron chi connectivity index (χ1n) is 8.48. The van der Waals surface area contributed by atoms with Gasteiger partial charge in [0.05, 0.1) is 22.8 Å². The summed E-state index contributed by atoms with van der Waals surface area (Å²) in [5, 5.41) is 19.0. The van der Waals surface area contributed by atoms with Crippen molar-refractivity contribution < 1.29 is 23.1 Å². The molecule has 0 amide bonds. The minimum atomic E-state index is -4.52. The van der Waals surface area contributed by atoms with E-state index in [4.69, 9.17) is 5.41 Å². The third-order valence-electron chi connectivity index (χ3n) is 4.77. The van der Waals surface area contributed by atoms with Crippen molar-refractivity contribution in [1.29, 1.82) is 5.41 Å². The van der Waals surface area contributed by atoms with Gasteiger partial charge in [0.1, 0.15) is 0 Å². The van der Waals surface area contributed by atoms with Gasteiger partial charge >= 0.3 is 6.18 Å². The second kappa shape index (κ2) is 7.68. The molecule has 0 spiro atoms. The van der Waals surface area contributed by atoms with Crippen molar-refractivity contribution in [3.05, 3.63) is 41.8 Å². The monoisotopic (exact) mass is 354 g/mol. The summed E-state index contributed by atoms with van der Waals surface area (Å²) in [5.74, 6) is -1.73. The molecule has 0 heterocycles. The summed E-state index contributed by atoms with van der Waals surface area (Å²) in [6.07, 6.45) is 0.304. The molecule has 1 aromatic carbocycles. The Morgan fingerprint density at radius 1 is 1.32 bits per heavy atom. The van der Waals surface area contributed by atoms with Crippen LogP contribution in [-0.2, 0) is 11.0 Å². The van der Waals surface area contributed by atoms with E-state index in [2.05, 4.69) is 0 Å². The van der Waals surface area contributed by atoms with Crippen LogP contribution < -0.4 is 0 Å². The fraction of sp³-hybridized carbons (Fsp3) is 0.526. The summed E-state index contributed by atoms with van der Waals surface area (Å²) < 4.78 is 39.2. The first-order chi connectivity index (χ1) is 11.7. The molecule has 1 aromatic rings. The van der Waals surface area contributed by atoms with Crippen LogP contribution in [0.1, 0.15) is 62.5 Å². The summed E-state index contributed by atoms with van der Waals surface area (Å²) in [6, 6.07) is 4.56. The largest absolute Gasteiger partial charge is 0.416 e. The number of carbonyl (C=O) groups excluding carboxylic acids is 1. The van der Waals surface area contributed by atoms with Crippen molar-refractivity contribution in [2.75, 3.05) is 0 Å². The number of hydrogen-bond acceptors (Lipinski definition) is 3. The fourth-order valence-electron chi connectivity index (χ4n) is 3.53. The Balaban J connectivity index is 2.48. The molecule has 0 aliphatic heterocycles. The van der Waals surface area contributed by atoms with Crippen LogP contribution in [-0.4, -0.2) is 22.2 Å². The van der Waals surface area contributed by atoms with Gasteiger partial charge in [-0.1, -0.05) is 44.4 Å². The molecule has 6 heteroatoms. The minimum Gasteiger partial charge on any atom is -0.389 e. The molecule has 0 aromatic heterocycles. The van der Waals surface area contributed by atoms with E-state index >= 15 is 0 Å². The number of ketones is 1. The summed E-state index contributed by atoms with van der Waals surface area (Å²) in [7, 11) is 0. The van der Waals surface area contributed by atoms with Crippen molar-refractivity contribution in [2.24, 2.45) is 0 Å². The molecule has 3 nitrogen and oxygen atoms in total. The Bertz CT molecular complexity index is 634. The van der Waals surface area contributed by atoms with Crippen molar-refractivity contribution in [3.8, 4) is 0 Å². The zero-order valence-electron chi connectivity index (χ0n) is 14.2. The molecule has 1 aliphatic rings. The highest BCUT2D eigenvalue weighted by molar-refractivity contribution is 6.41. The van der Waals surface area contributed by atoms with Gasteiger partial charge in [0.25, 0.3) is 0 Å². The maximum Gasteiger partial charge on any atom is 0.416 e. The summed E-state index contributed by atoms with van der Waals surface area (Å²) in [6.45, 7) is 1.70. The number of nitrogens with one attached hydrogen (secondary N) is 1. The molecule has 1 unspecified atom stereocenters. The van der Waals surface area contributed by atoms with Crippen molar-refractivity contribution in [2.45, 2.75) is 63.1 Å². The zero-order chi connectivity index (χ0) is 18.7. The van der Waals surface area contributed by atoms with Crippen LogP contribution in [0, 0.1) is 11.8 Å². The number of benzene rings is 1. The molecular formula is C19H23F3NO2. The van der Waals surface area contributed by atoms with Crippen LogP contribution in [0.4, 0.5) is 13.2 Å². The SMILES string of the molecule is C[CH]CC(=N)C(=O)C(c1cccc(C(F)(F)F)c1)C1(O)CCCCC1. The van der Waals surface area contributed by atoms with Crippen LogP contribution in [0.15, 0.2) is 24.3 Å². The van der Waals surface area contributed by atoms with E-state index in [9.17, 15) is 23.1 Å². The van der Waals surface area contributed by atoms with Gasteiger partial charge in [0, 0.05) is 0 Å². The number of Topliss-reactive ketones (excluding diaryl/α,β-unsaturated/α-hetero) is 1. The lowest BCUT2D eigenvalue weighted by molar-refractivity contribution is -0.138. The highest BCUT2D eigenvalue weighted by atomic mass is 19.4. The number of hydrogen-bond donors (Lipinski definition) is 2. The molecule has 1 fully saturated rings. The quantitative estimate of drug-likeness (QED) is 0.728. The van der Waals surface area contributed by atoms with E-state index in [0.717, 1.165) is 18.6 Å². The maximum atomic E-state index is 13.1. The standard InChI is InChI=1S/C19H23F3NO2/c1-2-7-15(23)17(24)16(18(25)10-4-3-5-11-18)13-8-6-9-14(12-13)19(20,21)22/h2,6,8-9,12,16,23,25H,3-5,7,10-11H2,1H3. The molecule has 25 heavy (non-hydrogen) atoms. The average Bonchev–Trinajstić information content (AvgIpc) is 2.55. The van der Waals surface area contributed by atoms with Crippen LogP contribution in [0.25, 0.3) is 0 Å². The lowest BCUT2D eigenvalue weighted by Crippen LogP contribution is -2.44. The van der Waals surface area contributed by atoms with Crippen LogP contribution in [0.2, 0.25) is 0 Å². The average molecular weight is 354 g/mol. The van der Waals surface area contributed by atoms with E-state index in [1.165, 1.54) is 12.1 Å². The molecule has 0 saturated heterocycles. The van der Waals surface area contributed by atoms with Crippen molar-refractivity contribution in [3.63, 3.8) is 0 Å². The number of halogens is 3. The molecule has 0 bridgehead atoms. The molecule has 1 radical (unpaired) electrons. The lowest BCUT2D eigenvalue weighted by Gasteiger charge is -2.39. The third-order valence-corrected chi connectivity index (χ3v) is 4.77. The molecule has 2 N–H and O–H groups in total. The number of aliphatic hydroxyl groups is 1. The molecule has 1 atom stereocenters. The highest BCUT2D eigenvalue weighted by Gasteiger charge is 2.44. The van der Waals surface area contributed by atoms with Gasteiger partial charge in [-0.2, -0.15) is 13.2 Å². The van der Waals surface area contributed by atoms with Gasteiger partial charge < -0.3 is 10.5 Å². The summed E-state index contributed by atoms with van der Waals surface area (Å²) >= 11 is 0. The highest BCUT2D eigenvalue weighted by Crippen LogP contribution is 2.42. The Hall–Kier alpha value is -1.69. The van der Waals surface area contributed by atoms with Gasteiger partial charge in [-0.15, -0.1) is 0 Å². The first-order valence-corrected chi connectivity index (χ1v) is 8.48. The number of rotatable bonds is 6. The first kappa shape index (κ1) is 19.6. The summed E-state index contributed by atoms with van der Waals surface area (Å²) in [5.41, 5.74) is -2.32. The Labute approximate surface area is 145 Å². The Morgan fingerprint density at radius 2 is 1.96 bits per heavy atom. The lowest BCUT2D eigenvalue weighted by atomic mass is 9.70. The maximum absolute atomic E-state index is 13.1. The van der Waals surface area contributed by atoms with E-state index < -0.39 is 29.0 Å². The third kappa shape index (κ3) is 4.48. The normalized spacial score (nSPS) is 18.6. The van der Waals surface area contributed by atoms with Crippen molar-refractivity contribution >= 4 is 11.5 Å². The molecule has 2 rings (SSSR count). The molecule has 137 valence electrons. The molecule has 1 aliphatic carbocycles. The van der Waals surface area contributed by atoms with E-state index in [1.807, 2.05) is 0 Å². The number of carbonyl (C=O) groups is 1. The second-order valence-corrected chi connectivity index (χ2v) is 6.68. The van der Waals surface area contributed by atoms with Crippen molar-refractivity contribution in [1.82, 2.24) is 0 Å². The fourth-order valence-corrected chi connectivity index (χ4v) is 3.53. The van der Waals surface area contributed by atoms with Crippen LogP contribution in [0.3, 0.4) is 0 Å². The van der Waals surface area contributed by atoms with Gasteiger partial charge in [-0.05, 0) is 37.3 Å². The van der Waals surface area contributed by atoms with E-state index in [0.29, 0.717) is 25.7 Å². The molecule has 1 saturated carbocycles. The topological polar surface area (TPSA) is 61.2 Å². The second-order valence-electron chi connectivity index (χ2n) is 6.68. The minimum absolute atomic E-state index is 0.129. The predicted octanol–water partition coefficient (Wildman–Crippen LogP) is 4.69. The summed E-state index contributed by atoms with van der Waals surface area (Å²) in [4.78, 5) is 12.8. The number of alkyl halides is 3. The van der Waals surface area contributed by atoms with E-state index in [1.54, 1.807) is 13.3 Å². The smallest absolute Gasteiger partial charge is 0.389 e. The zero-order valence-corrected chi connectivity index (χ0v) is 14.2. The van der Waals surface area contributed by atoms with Gasteiger partial charge in [-0.3, -0.25) is 4.79 Å². The van der Waals surface area contributed by atoms with Gasteiger partial charge in [0.15, 0.2) is 5.78 Å². The van der Waals surface area contributed by atoms with Crippen LogP contribution >= 0.6 is 0 Å². The Kier molecular flexibility index (Phi) is 6.03.